The molecule has 2 aromatic carbocycles. The molecule has 4 rings (SSSR count). The van der Waals surface area contributed by atoms with E-state index in [2.05, 4.69) is 20.5 Å². The molecule has 2 amide bonds. The molecule has 0 bridgehead atoms. The molecule has 0 saturated carbocycles. The highest BCUT2D eigenvalue weighted by atomic mass is 16.5. The Morgan fingerprint density at radius 1 is 1.16 bits per heavy atom. The van der Waals surface area contributed by atoms with Crippen molar-refractivity contribution in [3.63, 3.8) is 0 Å². The third kappa shape index (κ3) is 5.07. The first-order valence-electron chi connectivity index (χ1n) is 9.97. The van der Waals surface area contributed by atoms with E-state index >= 15 is 0 Å². The number of carbonyl (C=O) groups is 2. The van der Waals surface area contributed by atoms with E-state index in [1.165, 1.54) is 0 Å². The van der Waals surface area contributed by atoms with Crippen molar-refractivity contribution in [3.05, 3.63) is 72.0 Å². The van der Waals surface area contributed by atoms with Crippen molar-refractivity contribution in [2.45, 2.75) is 19.8 Å². The topological polar surface area (TPSA) is 132 Å². The van der Waals surface area contributed by atoms with Gasteiger partial charge in [-0.15, -0.1) is 0 Å². The summed E-state index contributed by atoms with van der Waals surface area (Å²) in [5.74, 6) is -0.390. The van der Waals surface area contributed by atoms with E-state index in [1.807, 2.05) is 25.1 Å². The maximum Gasteiger partial charge on any atom is 0.229 e. The van der Waals surface area contributed by atoms with E-state index in [-0.39, 0.29) is 25.4 Å². The number of nitrogens with one attached hydrogen (secondary N) is 1. The maximum atomic E-state index is 11.9. The van der Waals surface area contributed by atoms with Gasteiger partial charge in [0.2, 0.25) is 17.7 Å². The number of aryl methyl sites for hydroxylation is 1. The Morgan fingerprint density at radius 2 is 2.03 bits per heavy atom. The Morgan fingerprint density at radius 3 is 2.88 bits per heavy atom. The predicted octanol–water partition coefficient (Wildman–Crippen LogP) is 4.38. The molecule has 3 N–H and O–H groups in total. The lowest BCUT2D eigenvalue weighted by atomic mass is 10.2. The molecule has 3 aromatic rings. The van der Waals surface area contributed by atoms with Gasteiger partial charge in [-0.2, -0.15) is 10.2 Å². The zero-order valence-corrected chi connectivity index (χ0v) is 17.4. The number of nitrogens with two attached hydrogens (primary N) is 1. The fourth-order valence-electron chi connectivity index (χ4n) is 3.07. The number of fused-ring (bicyclic) bond motifs is 1. The summed E-state index contributed by atoms with van der Waals surface area (Å²) in [6.07, 6.45) is 3.32. The van der Waals surface area contributed by atoms with Crippen molar-refractivity contribution in [2.75, 3.05) is 11.9 Å². The summed E-state index contributed by atoms with van der Waals surface area (Å²) in [7, 11) is 0. The van der Waals surface area contributed by atoms with Crippen LogP contribution < -0.4 is 11.1 Å². The van der Waals surface area contributed by atoms with Crippen LogP contribution in [0.4, 0.5) is 11.4 Å². The van der Waals surface area contributed by atoms with Crippen LogP contribution in [0.2, 0.25) is 0 Å². The van der Waals surface area contributed by atoms with E-state index < -0.39 is 5.91 Å². The van der Waals surface area contributed by atoms with Crippen molar-refractivity contribution in [2.24, 2.45) is 16.0 Å². The molecule has 0 atom stereocenters. The van der Waals surface area contributed by atoms with Crippen LogP contribution in [-0.4, -0.2) is 23.4 Å². The van der Waals surface area contributed by atoms with Crippen molar-refractivity contribution in [3.8, 4) is 0 Å². The average molecular weight is 431 g/mol. The summed E-state index contributed by atoms with van der Waals surface area (Å²) >= 11 is 0. The normalized spacial score (nSPS) is 13.5. The summed E-state index contributed by atoms with van der Waals surface area (Å²) in [6, 6.07) is 12.7. The first-order chi connectivity index (χ1) is 15.5. The molecule has 1 aliphatic rings. The van der Waals surface area contributed by atoms with E-state index in [0.717, 1.165) is 11.1 Å². The number of amides is 2. The number of aromatic nitrogens is 1. The second-order valence-corrected chi connectivity index (χ2v) is 7.23. The van der Waals surface area contributed by atoms with E-state index in [1.54, 1.807) is 36.6 Å². The standard InChI is InChI=1S/C23H21N5O4/c1-14-5-6-18-20(11-14)32-23(26-18)17-9-10-31-13-19(17)28-27-16-4-2-3-15(12-16)25-22(30)8-7-21(24)29/h2-6,9-12H,7-8,13H2,1H3,(H2,24,29)(H,25,30). The molecule has 9 heteroatoms. The van der Waals surface area contributed by atoms with Crippen LogP contribution in [0.25, 0.3) is 16.7 Å². The number of rotatable bonds is 7. The van der Waals surface area contributed by atoms with Crippen LogP contribution in [-0.2, 0) is 14.3 Å². The van der Waals surface area contributed by atoms with Crippen LogP contribution in [0, 0.1) is 6.92 Å². The molecule has 2 heterocycles. The van der Waals surface area contributed by atoms with E-state index in [9.17, 15) is 9.59 Å². The molecule has 0 fully saturated rings. The van der Waals surface area contributed by atoms with Gasteiger partial charge in [-0.1, -0.05) is 12.1 Å². The fourth-order valence-corrected chi connectivity index (χ4v) is 3.07. The first kappa shape index (κ1) is 21.0. The number of allylic oxidation sites excluding steroid dienone is 2. The molecule has 1 aromatic heterocycles. The van der Waals surface area contributed by atoms with Gasteiger partial charge in [-0.05, 0) is 48.9 Å². The highest BCUT2D eigenvalue weighted by molar-refractivity contribution is 5.93. The van der Waals surface area contributed by atoms with E-state index in [0.29, 0.717) is 34.1 Å². The lowest BCUT2D eigenvalue weighted by Crippen LogP contribution is -2.17. The third-order valence-corrected chi connectivity index (χ3v) is 4.65. The number of anilines is 1. The average Bonchev–Trinajstić information content (AvgIpc) is 3.20. The van der Waals surface area contributed by atoms with Gasteiger partial charge in [-0.3, -0.25) is 9.59 Å². The van der Waals surface area contributed by atoms with Crippen molar-refractivity contribution >= 4 is 39.9 Å². The molecule has 9 nitrogen and oxygen atoms in total. The highest BCUT2D eigenvalue weighted by Gasteiger charge is 2.17. The summed E-state index contributed by atoms with van der Waals surface area (Å²) in [5, 5.41) is 11.3. The zero-order valence-electron chi connectivity index (χ0n) is 17.4. The molecular weight excluding hydrogens is 410 g/mol. The SMILES string of the molecule is Cc1ccc2nc(C3=C(N=Nc4cccc(NC(=O)CCC(N)=O)c4)COC=C3)oc2c1. The molecule has 162 valence electrons. The smallest absolute Gasteiger partial charge is 0.229 e. The fraction of sp³-hybridized carbons (Fsp3) is 0.174. The van der Waals surface area contributed by atoms with Gasteiger partial charge in [0.05, 0.1) is 17.5 Å². The molecule has 1 aliphatic heterocycles. The minimum absolute atomic E-state index is 0.00885. The molecule has 0 unspecified atom stereocenters. The second-order valence-electron chi connectivity index (χ2n) is 7.23. The summed E-state index contributed by atoms with van der Waals surface area (Å²) in [5.41, 5.74) is 9.93. The molecular formula is C23H21N5O4. The molecule has 0 saturated heterocycles. The van der Waals surface area contributed by atoms with Crippen LogP contribution in [0.15, 0.2) is 75.1 Å². The number of benzene rings is 2. The van der Waals surface area contributed by atoms with Crippen molar-refractivity contribution in [1.29, 1.82) is 0 Å². The Bertz CT molecular complexity index is 1270. The molecule has 32 heavy (non-hydrogen) atoms. The van der Waals surface area contributed by atoms with Crippen LogP contribution >= 0.6 is 0 Å². The van der Waals surface area contributed by atoms with E-state index in [4.69, 9.17) is 14.9 Å². The number of oxazole rings is 1. The van der Waals surface area contributed by atoms with Gasteiger partial charge in [0.25, 0.3) is 0 Å². The lowest BCUT2D eigenvalue weighted by molar-refractivity contribution is -0.122. The number of ether oxygens (including phenoxy) is 1. The largest absolute Gasteiger partial charge is 0.495 e. The number of primary amides is 1. The number of azo groups is 1. The Balaban J connectivity index is 1.55. The van der Waals surface area contributed by atoms with Gasteiger partial charge >= 0.3 is 0 Å². The summed E-state index contributed by atoms with van der Waals surface area (Å²) in [4.78, 5) is 27.3. The van der Waals surface area contributed by atoms with Crippen LogP contribution in [0.5, 0.6) is 0 Å². The third-order valence-electron chi connectivity index (χ3n) is 4.65. The number of hydrogen-bond acceptors (Lipinski definition) is 7. The summed E-state index contributed by atoms with van der Waals surface area (Å²) in [6.45, 7) is 2.21. The Kier molecular flexibility index (Phi) is 6.07. The quantitative estimate of drug-likeness (QED) is 0.536. The van der Waals surface area contributed by atoms with Crippen LogP contribution in [0.1, 0.15) is 24.3 Å². The number of carbonyl (C=O) groups excluding carboxylic acids is 2. The number of hydrogen-bond donors (Lipinski definition) is 2. The van der Waals surface area contributed by atoms with Crippen molar-refractivity contribution < 1.29 is 18.7 Å². The van der Waals surface area contributed by atoms with Gasteiger partial charge in [0.15, 0.2) is 5.58 Å². The zero-order chi connectivity index (χ0) is 22.5. The lowest BCUT2D eigenvalue weighted by Gasteiger charge is -2.10. The molecule has 0 aliphatic carbocycles. The van der Waals surface area contributed by atoms with Crippen molar-refractivity contribution in [1.82, 2.24) is 4.98 Å². The van der Waals surface area contributed by atoms with Gasteiger partial charge < -0.3 is 20.2 Å². The van der Waals surface area contributed by atoms with Gasteiger partial charge in [0, 0.05) is 18.5 Å². The minimum Gasteiger partial charge on any atom is -0.495 e. The number of nitrogens with zero attached hydrogens (tertiary/aromatic N) is 3. The summed E-state index contributed by atoms with van der Waals surface area (Å²) < 4.78 is 11.3. The first-order valence-corrected chi connectivity index (χ1v) is 9.97. The highest BCUT2D eigenvalue weighted by Crippen LogP contribution is 2.29. The maximum absolute atomic E-state index is 11.9. The second kappa shape index (κ2) is 9.25. The predicted molar refractivity (Wildman–Crippen MR) is 119 cm³/mol. The van der Waals surface area contributed by atoms with Crippen LogP contribution in [0.3, 0.4) is 0 Å². The molecule has 0 spiro atoms. The molecule has 0 radical (unpaired) electrons. The van der Waals surface area contributed by atoms with Gasteiger partial charge in [-0.25, -0.2) is 4.98 Å². The minimum atomic E-state index is -0.524. The monoisotopic (exact) mass is 431 g/mol. The van der Waals surface area contributed by atoms with Gasteiger partial charge in [0.1, 0.15) is 17.8 Å². The Labute approximate surface area is 183 Å². The Hall–Kier alpha value is -4.27.